The highest BCUT2D eigenvalue weighted by atomic mass is 16.4. The summed E-state index contributed by atoms with van der Waals surface area (Å²) in [6, 6.07) is 5.14. The van der Waals surface area contributed by atoms with Gasteiger partial charge in [0, 0.05) is 25.4 Å². The van der Waals surface area contributed by atoms with Gasteiger partial charge in [-0.05, 0) is 18.6 Å². The van der Waals surface area contributed by atoms with Crippen molar-refractivity contribution in [3.8, 4) is 0 Å². The second-order valence-corrected chi connectivity index (χ2v) is 4.34. The van der Waals surface area contributed by atoms with E-state index >= 15 is 0 Å². The van der Waals surface area contributed by atoms with Gasteiger partial charge in [0.1, 0.15) is 5.65 Å². The Bertz CT molecular complexity index is 664. The molecule has 0 saturated heterocycles. The van der Waals surface area contributed by atoms with Gasteiger partial charge in [0.15, 0.2) is 0 Å². The number of hydrogen-bond acceptors (Lipinski definition) is 4. The van der Waals surface area contributed by atoms with E-state index in [-0.39, 0.29) is 12.0 Å². The Morgan fingerprint density at radius 1 is 1.47 bits per heavy atom. The second kappa shape index (κ2) is 5.62. The molecule has 0 atom stereocenters. The van der Waals surface area contributed by atoms with Gasteiger partial charge in [0.2, 0.25) is 0 Å². The van der Waals surface area contributed by atoms with Gasteiger partial charge in [-0.25, -0.2) is 4.98 Å². The van der Waals surface area contributed by atoms with Crippen molar-refractivity contribution in [3.63, 3.8) is 0 Å². The molecule has 0 fully saturated rings. The van der Waals surface area contributed by atoms with Crippen LogP contribution < -0.4 is 10.9 Å². The van der Waals surface area contributed by atoms with Crippen molar-refractivity contribution in [2.45, 2.75) is 19.9 Å². The third-order valence-electron chi connectivity index (χ3n) is 2.68. The molecule has 6 nitrogen and oxygen atoms in total. The molecule has 0 aliphatic heterocycles. The van der Waals surface area contributed by atoms with Gasteiger partial charge in [-0.15, -0.1) is 0 Å². The van der Waals surface area contributed by atoms with Crippen LogP contribution in [0, 0.1) is 6.92 Å². The van der Waals surface area contributed by atoms with Crippen molar-refractivity contribution in [1.82, 2.24) is 14.7 Å². The predicted octanol–water partition coefficient (Wildman–Crippen LogP) is 0.567. The number of pyridine rings is 1. The van der Waals surface area contributed by atoms with E-state index in [1.165, 1.54) is 10.5 Å². The minimum atomic E-state index is -0.852. The number of carbonyl (C=O) groups is 1. The largest absolute Gasteiger partial charge is 0.481 e. The molecule has 2 heterocycles. The Balaban J connectivity index is 2.15. The fraction of sp³-hybridized carbons (Fsp3) is 0.308. The van der Waals surface area contributed by atoms with Crippen molar-refractivity contribution in [2.75, 3.05) is 6.54 Å². The third-order valence-corrected chi connectivity index (χ3v) is 2.68. The Hall–Kier alpha value is -2.21. The van der Waals surface area contributed by atoms with Gasteiger partial charge in [-0.1, -0.05) is 6.07 Å². The highest BCUT2D eigenvalue weighted by molar-refractivity contribution is 5.66. The second-order valence-electron chi connectivity index (χ2n) is 4.34. The standard InChI is InChI=1S/C13H15N3O3/c1-9-2-3-11-15-10(6-12(17)16(11)8-9)7-14-5-4-13(18)19/h2-3,6,8,14H,4-5,7H2,1H3,(H,18,19). The lowest BCUT2D eigenvalue weighted by atomic mass is 10.3. The fourth-order valence-electron chi connectivity index (χ4n) is 1.76. The third kappa shape index (κ3) is 3.38. The van der Waals surface area contributed by atoms with E-state index < -0.39 is 5.97 Å². The van der Waals surface area contributed by atoms with Crippen molar-refractivity contribution >= 4 is 11.6 Å². The topological polar surface area (TPSA) is 83.7 Å². The number of rotatable bonds is 5. The summed E-state index contributed by atoms with van der Waals surface area (Å²) in [6.45, 7) is 2.64. The molecule has 0 amide bonds. The first-order valence-corrected chi connectivity index (χ1v) is 5.98. The number of nitrogens with one attached hydrogen (secondary N) is 1. The molecule has 0 aromatic carbocycles. The molecule has 0 aliphatic rings. The maximum absolute atomic E-state index is 11.9. The molecular formula is C13H15N3O3. The lowest BCUT2D eigenvalue weighted by molar-refractivity contribution is -0.136. The monoisotopic (exact) mass is 261 g/mol. The first kappa shape index (κ1) is 13.2. The number of fused-ring (bicyclic) bond motifs is 1. The molecule has 0 radical (unpaired) electrons. The van der Waals surface area contributed by atoms with Crippen LogP contribution in [0.15, 0.2) is 29.2 Å². The van der Waals surface area contributed by atoms with E-state index in [0.29, 0.717) is 24.4 Å². The minimum Gasteiger partial charge on any atom is -0.481 e. The van der Waals surface area contributed by atoms with Crippen molar-refractivity contribution in [2.24, 2.45) is 0 Å². The summed E-state index contributed by atoms with van der Waals surface area (Å²) in [6.07, 6.45) is 1.79. The number of carboxylic acid groups (broad SMARTS) is 1. The van der Waals surface area contributed by atoms with Crippen LogP contribution in [-0.2, 0) is 11.3 Å². The van der Waals surface area contributed by atoms with E-state index in [9.17, 15) is 9.59 Å². The Morgan fingerprint density at radius 3 is 3.00 bits per heavy atom. The molecule has 0 saturated carbocycles. The summed E-state index contributed by atoms with van der Waals surface area (Å²) in [4.78, 5) is 26.6. The van der Waals surface area contributed by atoms with Gasteiger partial charge in [-0.2, -0.15) is 0 Å². The molecule has 0 unspecified atom stereocenters. The smallest absolute Gasteiger partial charge is 0.304 e. The van der Waals surface area contributed by atoms with Crippen molar-refractivity contribution in [1.29, 1.82) is 0 Å². The van der Waals surface area contributed by atoms with Gasteiger partial charge in [-0.3, -0.25) is 14.0 Å². The van der Waals surface area contributed by atoms with E-state index in [4.69, 9.17) is 5.11 Å². The first-order chi connectivity index (χ1) is 9.06. The molecule has 0 bridgehead atoms. The maximum atomic E-state index is 11.9. The first-order valence-electron chi connectivity index (χ1n) is 5.98. The molecule has 19 heavy (non-hydrogen) atoms. The number of aryl methyl sites for hydroxylation is 1. The van der Waals surface area contributed by atoms with E-state index in [2.05, 4.69) is 10.3 Å². The highest BCUT2D eigenvalue weighted by Gasteiger charge is 2.03. The molecule has 2 aromatic heterocycles. The van der Waals surface area contributed by atoms with E-state index in [1.54, 1.807) is 12.3 Å². The summed E-state index contributed by atoms with van der Waals surface area (Å²) in [5.41, 5.74) is 2.06. The van der Waals surface area contributed by atoms with Crippen LogP contribution in [0.4, 0.5) is 0 Å². The summed E-state index contributed by atoms with van der Waals surface area (Å²) in [5, 5.41) is 11.5. The fourth-order valence-corrected chi connectivity index (χ4v) is 1.76. The summed E-state index contributed by atoms with van der Waals surface area (Å²) >= 11 is 0. The van der Waals surface area contributed by atoms with Crippen molar-refractivity contribution < 1.29 is 9.90 Å². The predicted molar refractivity (Wildman–Crippen MR) is 70.2 cm³/mol. The van der Waals surface area contributed by atoms with E-state index in [0.717, 1.165) is 5.56 Å². The average Bonchev–Trinajstić information content (AvgIpc) is 2.35. The van der Waals surface area contributed by atoms with Crippen LogP contribution in [0.1, 0.15) is 17.7 Å². The molecule has 2 aromatic rings. The molecule has 2 N–H and O–H groups in total. The Labute approximate surface area is 109 Å². The number of hydrogen-bond donors (Lipinski definition) is 2. The Morgan fingerprint density at radius 2 is 2.26 bits per heavy atom. The zero-order chi connectivity index (χ0) is 13.8. The van der Waals surface area contributed by atoms with Crippen LogP contribution in [-0.4, -0.2) is 27.0 Å². The van der Waals surface area contributed by atoms with E-state index in [1.807, 2.05) is 13.0 Å². The number of nitrogens with zero attached hydrogens (tertiary/aromatic N) is 2. The molecular weight excluding hydrogens is 246 g/mol. The summed E-state index contributed by atoms with van der Waals surface area (Å²) < 4.78 is 1.50. The maximum Gasteiger partial charge on any atom is 0.304 e. The Kier molecular flexibility index (Phi) is 3.91. The molecule has 2 rings (SSSR count). The zero-order valence-corrected chi connectivity index (χ0v) is 10.6. The SMILES string of the molecule is Cc1ccc2nc(CNCCC(=O)O)cc(=O)n2c1. The van der Waals surface area contributed by atoms with Gasteiger partial charge >= 0.3 is 5.97 Å². The quantitative estimate of drug-likeness (QED) is 0.769. The minimum absolute atomic E-state index is 0.0474. The van der Waals surface area contributed by atoms with Crippen LogP contribution >= 0.6 is 0 Å². The van der Waals surface area contributed by atoms with Crippen LogP contribution in [0.2, 0.25) is 0 Å². The van der Waals surface area contributed by atoms with Crippen LogP contribution in [0.3, 0.4) is 0 Å². The zero-order valence-electron chi connectivity index (χ0n) is 10.6. The molecule has 100 valence electrons. The average molecular weight is 261 g/mol. The lowest BCUT2D eigenvalue weighted by Crippen LogP contribution is -2.21. The van der Waals surface area contributed by atoms with Crippen LogP contribution in [0.5, 0.6) is 0 Å². The summed E-state index contributed by atoms with van der Waals surface area (Å²) in [7, 11) is 0. The molecule has 6 heteroatoms. The number of carboxylic acids is 1. The molecule has 0 spiro atoms. The van der Waals surface area contributed by atoms with Gasteiger partial charge < -0.3 is 10.4 Å². The van der Waals surface area contributed by atoms with Crippen molar-refractivity contribution in [3.05, 3.63) is 46.0 Å². The number of aromatic nitrogens is 2. The van der Waals surface area contributed by atoms with Gasteiger partial charge in [0.25, 0.3) is 5.56 Å². The lowest BCUT2D eigenvalue weighted by Gasteiger charge is -2.05. The van der Waals surface area contributed by atoms with Crippen LogP contribution in [0.25, 0.3) is 5.65 Å². The molecule has 0 aliphatic carbocycles. The highest BCUT2D eigenvalue weighted by Crippen LogP contribution is 2.02. The number of aliphatic carboxylic acids is 1. The summed E-state index contributed by atoms with van der Waals surface area (Å²) in [5.74, 6) is -0.852. The normalized spacial score (nSPS) is 10.8. The van der Waals surface area contributed by atoms with Gasteiger partial charge in [0.05, 0.1) is 12.1 Å².